The Hall–Kier alpha value is -1.30. The molecule has 3 N–H and O–H groups in total. The molecule has 2 fully saturated rings. The Kier molecular flexibility index (Phi) is 4.86. The molecular weight excluding hydrogens is 258 g/mol. The van der Waals surface area contributed by atoms with E-state index in [1.807, 2.05) is 0 Å². The van der Waals surface area contributed by atoms with Gasteiger partial charge in [0.15, 0.2) is 0 Å². The smallest absolute Gasteiger partial charge is 0.315 e. The molecule has 0 spiro atoms. The molecule has 0 unspecified atom stereocenters. The number of urea groups is 1. The van der Waals surface area contributed by atoms with Gasteiger partial charge in [0, 0.05) is 6.54 Å². The average Bonchev–Trinajstić information content (AvgIpc) is 2.35. The van der Waals surface area contributed by atoms with Gasteiger partial charge in [-0.2, -0.15) is 0 Å². The molecule has 0 radical (unpaired) electrons. The summed E-state index contributed by atoms with van der Waals surface area (Å²) < 4.78 is 0. The van der Waals surface area contributed by atoms with E-state index in [9.17, 15) is 9.59 Å². The molecule has 0 aromatic carbocycles. The Morgan fingerprint density at radius 1 is 1.30 bits per heavy atom. The first-order valence-electron chi connectivity index (χ1n) is 7.45. The van der Waals surface area contributed by atoms with E-state index in [4.69, 9.17) is 5.11 Å². The predicted octanol–water partition coefficient (Wildman–Crippen LogP) is 1.02. The predicted molar refractivity (Wildman–Crippen MR) is 75.6 cm³/mol. The fourth-order valence-corrected chi connectivity index (χ4v) is 3.03. The number of aliphatic carboxylic acids is 1. The van der Waals surface area contributed by atoms with Crippen LogP contribution in [0.2, 0.25) is 0 Å². The van der Waals surface area contributed by atoms with Crippen molar-refractivity contribution in [1.82, 2.24) is 15.5 Å². The average molecular weight is 283 g/mol. The molecule has 1 aliphatic carbocycles. The van der Waals surface area contributed by atoms with E-state index in [1.165, 1.54) is 0 Å². The summed E-state index contributed by atoms with van der Waals surface area (Å²) in [7, 11) is 2.11. The molecule has 6 heteroatoms. The SMILES string of the molecule is CN1CCC(CNC(=O)NC2(CC(=O)O)CCC2)CC1. The standard InChI is InChI=1S/C14H25N3O3/c1-17-7-3-11(4-8-17)10-15-13(20)16-14(5-2-6-14)9-12(18)19/h11H,2-10H2,1H3,(H,18,19)(H2,15,16,20). The minimum Gasteiger partial charge on any atom is -0.481 e. The lowest BCUT2D eigenvalue weighted by Crippen LogP contribution is -2.57. The van der Waals surface area contributed by atoms with Gasteiger partial charge < -0.3 is 20.6 Å². The third-order valence-corrected chi connectivity index (χ3v) is 4.57. The van der Waals surface area contributed by atoms with E-state index in [1.54, 1.807) is 0 Å². The van der Waals surface area contributed by atoms with Crippen molar-refractivity contribution < 1.29 is 14.7 Å². The number of carbonyl (C=O) groups excluding carboxylic acids is 1. The quantitative estimate of drug-likeness (QED) is 0.704. The van der Waals surface area contributed by atoms with E-state index in [0.717, 1.165) is 45.2 Å². The minimum atomic E-state index is -0.847. The molecule has 2 aliphatic rings. The lowest BCUT2D eigenvalue weighted by Gasteiger charge is -2.41. The molecule has 1 heterocycles. The normalized spacial score (nSPS) is 22.9. The number of rotatable bonds is 5. The van der Waals surface area contributed by atoms with Crippen LogP contribution in [0.3, 0.4) is 0 Å². The molecule has 0 aromatic rings. The molecule has 1 aliphatic heterocycles. The highest BCUT2D eigenvalue weighted by atomic mass is 16.4. The van der Waals surface area contributed by atoms with Crippen molar-refractivity contribution in [2.24, 2.45) is 5.92 Å². The van der Waals surface area contributed by atoms with Crippen molar-refractivity contribution in [3.8, 4) is 0 Å². The number of piperidine rings is 1. The van der Waals surface area contributed by atoms with Gasteiger partial charge in [0.1, 0.15) is 0 Å². The van der Waals surface area contributed by atoms with Gasteiger partial charge in [0.05, 0.1) is 12.0 Å². The monoisotopic (exact) mass is 283 g/mol. The number of hydrogen-bond donors (Lipinski definition) is 3. The van der Waals surface area contributed by atoms with Gasteiger partial charge in [-0.15, -0.1) is 0 Å². The van der Waals surface area contributed by atoms with E-state index < -0.39 is 11.5 Å². The summed E-state index contributed by atoms with van der Waals surface area (Å²) >= 11 is 0. The molecule has 1 saturated carbocycles. The van der Waals surface area contributed by atoms with Crippen LogP contribution in [0.5, 0.6) is 0 Å². The van der Waals surface area contributed by atoms with Gasteiger partial charge in [0.2, 0.25) is 0 Å². The van der Waals surface area contributed by atoms with Gasteiger partial charge in [-0.3, -0.25) is 4.79 Å². The highest BCUT2D eigenvalue weighted by molar-refractivity contribution is 5.77. The number of carboxylic acid groups (broad SMARTS) is 1. The van der Waals surface area contributed by atoms with Crippen LogP contribution < -0.4 is 10.6 Å². The Morgan fingerprint density at radius 3 is 2.45 bits per heavy atom. The second-order valence-electron chi connectivity index (χ2n) is 6.29. The molecule has 1 saturated heterocycles. The lowest BCUT2D eigenvalue weighted by atomic mass is 9.74. The number of hydrogen-bond acceptors (Lipinski definition) is 3. The Bertz CT molecular complexity index is 361. The van der Waals surface area contributed by atoms with Gasteiger partial charge >= 0.3 is 12.0 Å². The zero-order chi connectivity index (χ0) is 14.6. The van der Waals surface area contributed by atoms with Crippen LogP contribution in [-0.2, 0) is 4.79 Å². The fourth-order valence-electron chi connectivity index (χ4n) is 3.03. The summed E-state index contributed by atoms with van der Waals surface area (Å²) in [4.78, 5) is 25.1. The zero-order valence-corrected chi connectivity index (χ0v) is 12.2. The summed E-state index contributed by atoms with van der Waals surface area (Å²) in [6.45, 7) is 2.84. The van der Waals surface area contributed by atoms with Gasteiger partial charge in [-0.05, 0) is 58.2 Å². The Labute approximate surface area is 119 Å². The van der Waals surface area contributed by atoms with Crippen LogP contribution in [0.4, 0.5) is 4.79 Å². The molecule has 20 heavy (non-hydrogen) atoms. The maximum atomic E-state index is 11.9. The van der Waals surface area contributed by atoms with Crippen LogP contribution >= 0.6 is 0 Å². The van der Waals surface area contributed by atoms with Gasteiger partial charge in [0.25, 0.3) is 0 Å². The first-order valence-corrected chi connectivity index (χ1v) is 7.45. The Balaban J connectivity index is 1.70. The topological polar surface area (TPSA) is 81.7 Å². The highest BCUT2D eigenvalue weighted by Gasteiger charge is 2.40. The van der Waals surface area contributed by atoms with Crippen molar-refractivity contribution >= 4 is 12.0 Å². The van der Waals surface area contributed by atoms with E-state index in [-0.39, 0.29) is 12.5 Å². The van der Waals surface area contributed by atoms with Crippen molar-refractivity contribution in [2.75, 3.05) is 26.7 Å². The third kappa shape index (κ3) is 4.10. The lowest BCUT2D eigenvalue weighted by molar-refractivity contribution is -0.139. The second kappa shape index (κ2) is 6.43. The van der Waals surface area contributed by atoms with Crippen LogP contribution in [0.15, 0.2) is 0 Å². The van der Waals surface area contributed by atoms with Crippen LogP contribution in [0, 0.1) is 5.92 Å². The maximum absolute atomic E-state index is 11.9. The molecule has 0 bridgehead atoms. The molecule has 6 nitrogen and oxygen atoms in total. The molecule has 2 rings (SSSR count). The maximum Gasteiger partial charge on any atom is 0.315 e. The van der Waals surface area contributed by atoms with E-state index >= 15 is 0 Å². The van der Waals surface area contributed by atoms with Crippen molar-refractivity contribution in [2.45, 2.75) is 44.1 Å². The van der Waals surface area contributed by atoms with Crippen molar-refractivity contribution in [1.29, 1.82) is 0 Å². The second-order valence-corrected chi connectivity index (χ2v) is 6.29. The van der Waals surface area contributed by atoms with Gasteiger partial charge in [-0.1, -0.05) is 0 Å². The van der Waals surface area contributed by atoms with Crippen molar-refractivity contribution in [3.05, 3.63) is 0 Å². The highest BCUT2D eigenvalue weighted by Crippen LogP contribution is 2.34. The minimum absolute atomic E-state index is 0.0225. The Morgan fingerprint density at radius 2 is 1.95 bits per heavy atom. The first-order chi connectivity index (χ1) is 9.49. The van der Waals surface area contributed by atoms with Gasteiger partial charge in [-0.25, -0.2) is 4.79 Å². The number of likely N-dealkylation sites (tertiary alicyclic amines) is 1. The molecule has 0 atom stereocenters. The summed E-state index contributed by atoms with van der Waals surface area (Å²) in [6, 6.07) is -0.218. The third-order valence-electron chi connectivity index (χ3n) is 4.57. The number of nitrogens with zero attached hydrogens (tertiary/aromatic N) is 1. The number of nitrogens with one attached hydrogen (secondary N) is 2. The summed E-state index contributed by atoms with van der Waals surface area (Å²) in [5.41, 5.74) is -0.511. The van der Waals surface area contributed by atoms with Crippen LogP contribution in [0.25, 0.3) is 0 Å². The van der Waals surface area contributed by atoms with Crippen molar-refractivity contribution in [3.63, 3.8) is 0 Å². The largest absolute Gasteiger partial charge is 0.481 e. The summed E-state index contributed by atoms with van der Waals surface area (Å²) in [6.07, 6.45) is 4.76. The molecular formula is C14H25N3O3. The van der Waals surface area contributed by atoms with Crippen LogP contribution in [0.1, 0.15) is 38.5 Å². The fraction of sp³-hybridized carbons (Fsp3) is 0.857. The number of carbonyl (C=O) groups is 2. The van der Waals surface area contributed by atoms with E-state index in [0.29, 0.717) is 12.5 Å². The molecule has 0 aromatic heterocycles. The van der Waals surface area contributed by atoms with Crippen LogP contribution in [-0.4, -0.2) is 54.2 Å². The van der Waals surface area contributed by atoms with E-state index in [2.05, 4.69) is 22.6 Å². The summed E-state index contributed by atoms with van der Waals surface area (Å²) in [5, 5.41) is 14.7. The zero-order valence-electron chi connectivity index (χ0n) is 12.2. The molecule has 2 amide bonds. The number of carboxylic acids is 1. The summed E-state index contributed by atoms with van der Waals surface area (Å²) in [5.74, 6) is -0.311. The first kappa shape index (κ1) is 15.1. The number of amides is 2. The molecule has 114 valence electrons.